The predicted octanol–water partition coefficient (Wildman–Crippen LogP) is 2.97. The Balaban J connectivity index is 2.65. The Hall–Kier alpha value is -1.83. The maximum Gasteiger partial charge on any atom is 0.189 e. The van der Waals surface area contributed by atoms with E-state index in [0.717, 1.165) is 22.5 Å². The molecule has 0 saturated carbocycles. The molecule has 0 fully saturated rings. The first-order chi connectivity index (χ1) is 7.58. The second kappa shape index (κ2) is 3.97. The maximum absolute atomic E-state index is 11.9. The lowest BCUT2D eigenvalue weighted by molar-refractivity contribution is 1.11. The van der Waals surface area contributed by atoms with Crippen molar-refractivity contribution >= 4 is 0 Å². The maximum atomic E-state index is 11.9. The third-order valence-corrected chi connectivity index (χ3v) is 2.69. The van der Waals surface area contributed by atoms with Gasteiger partial charge in [0.2, 0.25) is 0 Å². The van der Waals surface area contributed by atoms with Gasteiger partial charge in [0.05, 0.1) is 0 Å². The molecular weight excluding hydrogens is 198 g/mol. The van der Waals surface area contributed by atoms with Crippen LogP contribution >= 0.6 is 0 Å². The minimum absolute atomic E-state index is 0.0811. The summed E-state index contributed by atoms with van der Waals surface area (Å²) in [5, 5.41) is 0. The van der Waals surface area contributed by atoms with Crippen LogP contribution in [-0.2, 0) is 0 Å². The summed E-state index contributed by atoms with van der Waals surface area (Å²) in [5.74, 6) is 0. The summed E-state index contributed by atoms with van der Waals surface area (Å²) in [4.78, 5) is 15.1. The molecule has 0 aliphatic heterocycles. The normalized spacial score (nSPS) is 10.4. The Morgan fingerprint density at radius 1 is 1.00 bits per heavy atom. The van der Waals surface area contributed by atoms with Crippen LogP contribution in [0.2, 0.25) is 0 Å². The van der Waals surface area contributed by atoms with E-state index in [1.165, 1.54) is 5.56 Å². The van der Waals surface area contributed by atoms with E-state index in [1.807, 2.05) is 45.0 Å². The zero-order valence-electron chi connectivity index (χ0n) is 9.79. The molecule has 2 aromatic rings. The molecule has 0 aliphatic carbocycles. The molecule has 16 heavy (non-hydrogen) atoms. The van der Waals surface area contributed by atoms with Crippen LogP contribution in [0, 0.1) is 20.8 Å². The van der Waals surface area contributed by atoms with Crippen LogP contribution in [0.15, 0.2) is 35.1 Å². The first-order valence-corrected chi connectivity index (χ1v) is 5.35. The number of aryl methyl sites for hydroxylation is 3. The molecule has 82 valence electrons. The van der Waals surface area contributed by atoms with Crippen LogP contribution in [-0.4, -0.2) is 4.98 Å². The molecule has 0 spiro atoms. The highest BCUT2D eigenvalue weighted by atomic mass is 16.1. The first kappa shape index (κ1) is 10.7. The molecule has 1 heterocycles. The van der Waals surface area contributed by atoms with Gasteiger partial charge in [-0.25, -0.2) is 0 Å². The number of aromatic amines is 1. The highest BCUT2D eigenvalue weighted by Gasteiger charge is 2.07. The third kappa shape index (κ3) is 1.91. The summed E-state index contributed by atoms with van der Waals surface area (Å²) in [7, 11) is 0. The molecule has 2 rings (SSSR count). The van der Waals surface area contributed by atoms with E-state index in [4.69, 9.17) is 0 Å². The van der Waals surface area contributed by atoms with Crippen molar-refractivity contribution in [3.8, 4) is 11.1 Å². The summed E-state index contributed by atoms with van der Waals surface area (Å²) >= 11 is 0. The van der Waals surface area contributed by atoms with Gasteiger partial charge in [0, 0.05) is 23.0 Å². The summed E-state index contributed by atoms with van der Waals surface area (Å²) in [6.07, 6.45) is 0. The SMILES string of the molecule is Cc1ccc(-c2c(C)[nH]c(C)cc2=O)cc1. The van der Waals surface area contributed by atoms with Crippen LogP contribution in [0.1, 0.15) is 17.0 Å². The Labute approximate surface area is 95.0 Å². The molecule has 1 aromatic heterocycles. The fourth-order valence-corrected chi connectivity index (χ4v) is 1.93. The molecule has 0 amide bonds. The Morgan fingerprint density at radius 3 is 2.19 bits per heavy atom. The van der Waals surface area contributed by atoms with E-state index >= 15 is 0 Å². The van der Waals surface area contributed by atoms with Crippen LogP contribution in [0.5, 0.6) is 0 Å². The predicted molar refractivity (Wildman–Crippen MR) is 66.7 cm³/mol. The molecule has 0 atom stereocenters. The van der Waals surface area contributed by atoms with E-state index < -0.39 is 0 Å². The van der Waals surface area contributed by atoms with Gasteiger partial charge in [-0.3, -0.25) is 4.79 Å². The fourth-order valence-electron chi connectivity index (χ4n) is 1.93. The third-order valence-electron chi connectivity index (χ3n) is 2.69. The Bertz CT molecular complexity index is 564. The van der Waals surface area contributed by atoms with E-state index in [9.17, 15) is 4.79 Å². The van der Waals surface area contributed by atoms with Gasteiger partial charge in [0.15, 0.2) is 5.43 Å². The second-order valence-corrected chi connectivity index (χ2v) is 4.18. The van der Waals surface area contributed by atoms with E-state index in [0.29, 0.717) is 0 Å². The van der Waals surface area contributed by atoms with Crippen molar-refractivity contribution in [3.63, 3.8) is 0 Å². The molecule has 1 N–H and O–H groups in total. The Morgan fingerprint density at radius 2 is 1.62 bits per heavy atom. The van der Waals surface area contributed by atoms with Gasteiger partial charge in [-0.15, -0.1) is 0 Å². The quantitative estimate of drug-likeness (QED) is 0.776. The lowest BCUT2D eigenvalue weighted by Crippen LogP contribution is -2.08. The van der Waals surface area contributed by atoms with Crippen LogP contribution in [0.25, 0.3) is 11.1 Å². The van der Waals surface area contributed by atoms with Crippen molar-refractivity contribution in [1.29, 1.82) is 0 Å². The van der Waals surface area contributed by atoms with Crippen molar-refractivity contribution < 1.29 is 0 Å². The average Bonchev–Trinajstić information content (AvgIpc) is 2.19. The van der Waals surface area contributed by atoms with E-state index in [-0.39, 0.29) is 5.43 Å². The lowest BCUT2D eigenvalue weighted by atomic mass is 10.0. The largest absolute Gasteiger partial charge is 0.362 e. The van der Waals surface area contributed by atoms with Gasteiger partial charge in [-0.05, 0) is 26.3 Å². The molecule has 2 heteroatoms. The van der Waals surface area contributed by atoms with Gasteiger partial charge >= 0.3 is 0 Å². The smallest absolute Gasteiger partial charge is 0.189 e. The molecular formula is C14H15NO. The Kier molecular flexibility index (Phi) is 2.65. The number of benzene rings is 1. The number of hydrogen-bond acceptors (Lipinski definition) is 1. The average molecular weight is 213 g/mol. The standard InChI is InChI=1S/C14H15NO/c1-9-4-6-12(7-5-9)14-11(3)15-10(2)8-13(14)16/h4-8H,1-3H3,(H,15,16). The van der Waals surface area contributed by atoms with Gasteiger partial charge in [-0.2, -0.15) is 0 Å². The van der Waals surface area contributed by atoms with Crippen molar-refractivity contribution in [2.45, 2.75) is 20.8 Å². The van der Waals surface area contributed by atoms with Gasteiger partial charge in [0.25, 0.3) is 0 Å². The lowest BCUT2D eigenvalue weighted by Gasteiger charge is -2.06. The summed E-state index contributed by atoms with van der Waals surface area (Å²) in [5.41, 5.74) is 4.85. The van der Waals surface area contributed by atoms with Gasteiger partial charge in [0.1, 0.15) is 0 Å². The molecule has 1 aromatic carbocycles. The molecule has 0 radical (unpaired) electrons. The van der Waals surface area contributed by atoms with Gasteiger partial charge < -0.3 is 4.98 Å². The zero-order chi connectivity index (χ0) is 11.7. The number of aromatic nitrogens is 1. The van der Waals surface area contributed by atoms with E-state index in [2.05, 4.69) is 4.98 Å². The number of pyridine rings is 1. The monoisotopic (exact) mass is 213 g/mol. The van der Waals surface area contributed by atoms with Crippen LogP contribution in [0.3, 0.4) is 0 Å². The minimum Gasteiger partial charge on any atom is -0.362 e. The molecule has 0 bridgehead atoms. The zero-order valence-corrected chi connectivity index (χ0v) is 9.79. The molecule has 0 aliphatic rings. The summed E-state index contributed by atoms with van der Waals surface area (Å²) in [6, 6.07) is 9.66. The van der Waals surface area contributed by atoms with Crippen LogP contribution < -0.4 is 5.43 Å². The number of H-pyrrole nitrogens is 1. The second-order valence-electron chi connectivity index (χ2n) is 4.18. The van der Waals surface area contributed by atoms with Crippen molar-refractivity contribution in [2.24, 2.45) is 0 Å². The van der Waals surface area contributed by atoms with Gasteiger partial charge in [-0.1, -0.05) is 29.8 Å². The highest BCUT2D eigenvalue weighted by molar-refractivity contribution is 5.65. The first-order valence-electron chi connectivity index (χ1n) is 5.35. The fraction of sp³-hybridized carbons (Fsp3) is 0.214. The van der Waals surface area contributed by atoms with Crippen molar-refractivity contribution in [1.82, 2.24) is 4.98 Å². The molecule has 2 nitrogen and oxygen atoms in total. The number of rotatable bonds is 1. The van der Waals surface area contributed by atoms with E-state index in [1.54, 1.807) is 6.07 Å². The minimum atomic E-state index is 0.0811. The number of hydrogen-bond donors (Lipinski definition) is 1. The highest BCUT2D eigenvalue weighted by Crippen LogP contribution is 2.18. The van der Waals surface area contributed by atoms with Crippen molar-refractivity contribution in [2.75, 3.05) is 0 Å². The molecule has 0 unspecified atom stereocenters. The summed E-state index contributed by atoms with van der Waals surface area (Å²) in [6.45, 7) is 5.87. The molecule has 0 saturated heterocycles. The summed E-state index contributed by atoms with van der Waals surface area (Å²) < 4.78 is 0. The number of nitrogens with one attached hydrogen (secondary N) is 1. The van der Waals surface area contributed by atoms with Crippen molar-refractivity contribution in [3.05, 3.63) is 57.5 Å². The van der Waals surface area contributed by atoms with Crippen LogP contribution in [0.4, 0.5) is 0 Å². The topological polar surface area (TPSA) is 32.9 Å².